The molecule has 0 saturated carbocycles. The van der Waals surface area contributed by atoms with Crippen molar-refractivity contribution in [2.75, 3.05) is 0 Å². The maximum Gasteiger partial charge on any atom is 0.573 e. The van der Waals surface area contributed by atoms with Crippen LogP contribution >= 0.6 is 22.6 Å². The van der Waals surface area contributed by atoms with Crippen molar-refractivity contribution in [2.45, 2.75) is 24.1 Å². The molecule has 0 heterocycles. The summed E-state index contributed by atoms with van der Waals surface area (Å²) in [7, 11) is 0. The highest BCUT2D eigenvalue weighted by atomic mass is 127. The standard InChI is InChI=1S/C10H10F3IO/c1-6-5-8(15-10(11,12)13)3-4-9(6)7(2)14/h3-5,7H,1-2H3. The van der Waals surface area contributed by atoms with E-state index in [-0.39, 0.29) is 9.67 Å². The van der Waals surface area contributed by atoms with Gasteiger partial charge >= 0.3 is 6.36 Å². The molecular formula is C10H10F3IO. The van der Waals surface area contributed by atoms with Crippen LogP contribution < -0.4 is 4.74 Å². The Morgan fingerprint density at radius 3 is 2.33 bits per heavy atom. The molecule has 0 bridgehead atoms. The molecule has 1 aromatic carbocycles. The quantitative estimate of drug-likeness (QED) is 0.577. The van der Waals surface area contributed by atoms with E-state index in [9.17, 15) is 13.2 Å². The summed E-state index contributed by atoms with van der Waals surface area (Å²) in [5.74, 6) is -0.166. The molecule has 0 amide bonds. The summed E-state index contributed by atoms with van der Waals surface area (Å²) in [5.41, 5.74) is 1.82. The Bertz CT molecular complexity index is 347. The van der Waals surface area contributed by atoms with Crippen LogP contribution in [0.15, 0.2) is 18.2 Å². The van der Waals surface area contributed by atoms with Gasteiger partial charge in [-0.05, 0) is 37.1 Å². The van der Waals surface area contributed by atoms with Gasteiger partial charge in [0, 0.05) is 3.92 Å². The zero-order valence-corrected chi connectivity index (χ0v) is 10.4. The summed E-state index contributed by atoms with van der Waals surface area (Å²) < 4.78 is 39.8. The van der Waals surface area contributed by atoms with Crippen molar-refractivity contribution in [3.63, 3.8) is 0 Å². The fourth-order valence-electron chi connectivity index (χ4n) is 1.29. The molecule has 15 heavy (non-hydrogen) atoms. The molecule has 0 radical (unpaired) electrons. The van der Waals surface area contributed by atoms with E-state index < -0.39 is 6.36 Å². The summed E-state index contributed by atoms with van der Waals surface area (Å²) >= 11 is 2.21. The molecule has 0 saturated heterocycles. The van der Waals surface area contributed by atoms with Crippen molar-refractivity contribution in [1.29, 1.82) is 0 Å². The Kier molecular flexibility index (Phi) is 3.86. The van der Waals surface area contributed by atoms with Gasteiger partial charge in [0.1, 0.15) is 5.75 Å². The van der Waals surface area contributed by atoms with Crippen molar-refractivity contribution in [2.24, 2.45) is 0 Å². The van der Waals surface area contributed by atoms with Crippen molar-refractivity contribution in [1.82, 2.24) is 0 Å². The van der Waals surface area contributed by atoms with E-state index in [0.29, 0.717) is 0 Å². The van der Waals surface area contributed by atoms with Gasteiger partial charge in [0.2, 0.25) is 0 Å². The molecule has 0 aliphatic rings. The topological polar surface area (TPSA) is 9.23 Å². The third kappa shape index (κ3) is 3.89. The van der Waals surface area contributed by atoms with Crippen molar-refractivity contribution in [3.05, 3.63) is 29.3 Å². The van der Waals surface area contributed by atoms with Gasteiger partial charge in [-0.1, -0.05) is 28.7 Å². The zero-order chi connectivity index (χ0) is 11.6. The Hall–Kier alpha value is -0.460. The predicted molar refractivity (Wildman–Crippen MR) is 60.3 cm³/mol. The van der Waals surface area contributed by atoms with Crippen LogP contribution in [0.5, 0.6) is 5.75 Å². The zero-order valence-electron chi connectivity index (χ0n) is 8.23. The Morgan fingerprint density at radius 1 is 1.33 bits per heavy atom. The van der Waals surface area contributed by atoms with Gasteiger partial charge in [-0.25, -0.2) is 0 Å². The van der Waals surface area contributed by atoms with Crippen LogP contribution in [0.4, 0.5) is 13.2 Å². The number of benzene rings is 1. The lowest BCUT2D eigenvalue weighted by Crippen LogP contribution is -2.17. The number of alkyl halides is 4. The van der Waals surface area contributed by atoms with E-state index >= 15 is 0 Å². The minimum atomic E-state index is -4.62. The molecule has 0 aromatic heterocycles. The fraction of sp³-hybridized carbons (Fsp3) is 0.400. The SMILES string of the molecule is Cc1cc(OC(F)(F)F)ccc1C(C)I. The molecule has 1 atom stereocenters. The maximum absolute atomic E-state index is 11.9. The molecule has 1 unspecified atom stereocenters. The first-order valence-corrected chi connectivity index (χ1v) is 5.54. The number of rotatable bonds is 2. The lowest BCUT2D eigenvalue weighted by Gasteiger charge is -2.12. The van der Waals surface area contributed by atoms with Crippen LogP contribution in [-0.2, 0) is 0 Å². The number of ether oxygens (including phenoxy) is 1. The molecule has 0 spiro atoms. The molecule has 5 heteroatoms. The first kappa shape index (κ1) is 12.6. The number of hydrogen-bond acceptors (Lipinski definition) is 1. The van der Waals surface area contributed by atoms with Crippen molar-refractivity contribution < 1.29 is 17.9 Å². The maximum atomic E-state index is 11.9. The molecule has 0 N–H and O–H groups in total. The highest BCUT2D eigenvalue weighted by molar-refractivity contribution is 14.1. The van der Waals surface area contributed by atoms with Gasteiger partial charge < -0.3 is 4.74 Å². The average molecular weight is 330 g/mol. The van der Waals surface area contributed by atoms with Gasteiger partial charge in [-0.2, -0.15) is 0 Å². The molecule has 0 fully saturated rings. The first-order valence-electron chi connectivity index (χ1n) is 4.30. The minimum Gasteiger partial charge on any atom is -0.406 e. The number of halogens is 4. The second-order valence-electron chi connectivity index (χ2n) is 3.18. The monoisotopic (exact) mass is 330 g/mol. The first-order chi connectivity index (χ1) is 6.79. The second kappa shape index (κ2) is 4.59. The third-order valence-electron chi connectivity index (χ3n) is 1.90. The van der Waals surface area contributed by atoms with Crippen LogP contribution in [0.1, 0.15) is 22.0 Å². The van der Waals surface area contributed by atoms with E-state index in [0.717, 1.165) is 11.1 Å². The second-order valence-corrected chi connectivity index (χ2v) is 5.05. The van der Waals surface area contributed by atoms with Gasteiger partial charge in [0.25, 0.3) is 0 Å². The van der Waals surface area contributed by atoms with E-state index in [2.05, 4.69) is 27.3 Å². The highest BCUT2D eigenvalue weighted by Crippen LogP contribution is 2.30. The molecule has 1 aromatic rings. The fourth-order valence-corrected chi connectivity index (χ4v) is 1.99. The van der Waals surface area contributed by atoms with Crippen molar-refractivity contribution in [3.8, 4) is 5.75 Å². The smallest absolute Gasteiger partial charge is 0.406 e. The van der Waals surface area contributed by atoms with Crippen LogP contribution in [0.2, 0.25) is 0 Å². The van der Waals surface area contributed by atoms with Gasteiger partial charge in [-0.15, -0.1) is 13.2 Å². The Labute approximate surface area is 99.8 Å². The Balaban J connectivity index is 2.92. The molecule has 1 nitrogen and oxygen atoms in total. The predicted octanol–water partition coefficient (Wildman–Crippen LogP) is 4.39. The summed E-state index contributed by atoms with van der Waals surface area (Å²) in [6.45, 7) is 3.75. The van der Waals surface area contributed by atoms with Crippen molar-refractivity contribution >= 4 is 22.6 Å². The molecule has 1 rings (SSSR count). The normalized spacial score (nSPS) is 13.7. The Morgan fingerprint density at radius 2 is 1.93 bits per heavy atom. The lowest BCUT2D eigenvalue weighted by molar-refractivity contribution is -0.274. The molecule has 84 valence electrons. The molecule has 0 aliphatic carbocycles. The molecular weight excluding hydrogens is 320 g/mol. The number of aryl methyl sites for hydroxylation is 1. The van der Waals surface area contributed by atoms with Gasteiger partial charge in [-0.3, -0.25) is 0 Å². The van der Waals surface area contributed by atoms with E-state index in [4.69, 9.17) is 0 Å². The summed E-state index contributed by atoms with van der Waals surface area (Å²) in [6.07, 6.45) is -4.62. The summed E-state index contributed by atoms with van der Waals surface area (Å²) in [6, 6.07) is 4.40. The molecule has 0 aliphatic heterocycles. The van der Waals surface area contributed by atoms with E-state index in [1.807, 2.05) is 6.92 Å². The van der Waals surface area contributed by atoms with Crippen LogP contribution in [-0.4, -0.2) is 6.36 Å². The largest absolute Gasteiger partial charge is 0.573 e. The van der Waals surface area contributed by atoms with Gasteiger partial charge in [0.15, 0.2) is 0 Å². The van der Waals surface area contributed by atoms with Crippen LogP contribution in [0.25, 0.3) is 0 Å². The highest BCUT2D eigenvalue weighted by Gasteiger charge is 2.31. The average Bonchev–Trinajstić information content (AvgIpc) is 1.99. The third-order valence-corrected chi connectivity index (χ3v) is 2.57. The minimum absolute atomic E-state index is 0.166. The number of hydrogen-bond donors (Lipinski definition) is 0. The van der Waals surface area contributed by atoms with Gasteiger partial charge in [0.05, 0.1) is 0 Å². The van der Waals surface area contributed by atoms with E-state index in [1.54, 1.807) is 13.0 Å². The van der Waals surface area contributed by atoms with E-state index in [1.165, 1.54) is 12.1 Å². The lowest BCUT2D eigenvalue weighted by atomic mass is 10.1. The summed E-state index contributed by atoms with van der Waals surface area (Å²) in [5, 5.41) is 0. The van der Waals surface area contributed by atoms with Crippen LogP contribution in [0.3, 0.4) is 0 Å². The summed E-state index contributed by atoms with van der Waals surface area (Å²) in [4.78, 5) is 0. The van der Waals surface area contributed by atoms with Crippen LogP contribution in [0, 0.1) is 6.92 Å².